The molecule has 2 aromatic carbocycles. The number of nitrogen functional groups attached to an aromatic ring is 1. The van der Waals surface area contributed by atoms with Crippen molar-refractivity contribution in [3.8, 4) is 0 Å². The number of rotatable bonds is 6. The molecule has 1 heterocycles. The second kappa shape index (κ2) is 8.57. The zero-order valence-corrected chi connectivity index (χ0v) is 14.4. The van der Waals surface area contributed by atoms with E-state index in [4.69, 9.17) is 15.2 Å². The SMILES string of the molecule is Nc1cc(C(=O)OCc2ccccc2)c(C(=O)OCc2ccccc2)nn1. The van der Waals surface area contributed by atoms with Crippen LogP contribution in [0.25, 0.3) is 0 Å². The zero-order valence-electron chi connectivity index (χ0n) is 14.4. The van der Waals surface area contributed by atoms with Gasteiger partial charge in [0.15, 0.2) is 5.69 Å². The summed E-state index contributed by atoms with van der Waals surface area (Å²) in [5, 5.41) is 7.35. The quantitative estimate of drug-likeness (QED) is 0.671. The van der Waals surface area contributed by atoms with Crippen LogP contribution in [-0.2, 0) is 22.7 Å². The summed E-state index contributed by atoms with van der Waals surface area (Å²) >= 11 is 0. The van der Waals surface area contributed by atoms with E-state index in [-0.39, 0.29) is 30.3 Å². The van der Waals surface area contributed by atoms with Crippen LogP contribution >= 0.6 is 0 Å². The van der Waals surface area contributed by atoms with Crippen LogP contribution in [0.4, 0.5) is 5.82 Å². The van der Waals surface area contributed by atoms with Gasteiger partial charge in [0, 0.05) is 0 Å². The molecule has 3 aromatic rings. The maximum atomic E-state index is 12.4. The van der Waals surface area contributed by atoms with Crippen molar-refractivity contribution in [2.24, 2.45) is 0 Å². The lowest BCUT2D eigenvalue weighted by Crippen LogP contribution is -2.17. The Morgan fingerprint density at radius 2 is 1.30 bits per heavy atom. The molecule has 1 aromatic heterocycles. The van der Waals surface area contributed by atoms with Gasteiger partial charge in [0.1, 0.15) is 19.0 Å². The van der Waals surface area contributed by atoms with Gasteiger partial charge in [-0.25, -0.2) is 9.59 Å². The largest absolute Gasteiger partial charge is 0.457 e. The molecule has 7 heteroatoms. The van der Waals surface area contributed by atoms with E-state index < -0.39 is 11.9 Å². The van der Waals surface area contributed by atoms with Crippen LogP contribution in [0.15, 0.2) is 66.7 Å². The topological polar surface area (TPSA) is 104 Å². The molecule has 0 spiro atoms. The van der Waals surface area contributed by atoms with Gasteiger partial charge in [-0.15, -0.1) is 10.2 Å². The average molecular weight is 363 g/mol. The number of carbonyl (C=O) groups excluding carboxylic acids is 2. The highest BCUT2D eigenvalue weighted by Crippen LogP contribution is 2.14. The van der Waals surface area contributed by atoms with Crippen molar-refractivity contribution in [3.63, 3.8) is 0 Å². The zero-order chi connectivity index (χ0) is 19.1. The second-order valence-corrected chi connectivity index (χ2v) is 5.65. The molecule has 0 saturated carbocycles. The van der Waals surface area contributed by atoms with Crippen LogP contribution in [0.1, 0.15) is 32.0 Å². The molecule has 0 fully saturated rings. The summed E-state index contributed by atoms with van der Waals surface area (Å²) in [5.41, 5.74) is 6.90. The Balaban J connectivity index is 1.71. The molecule has 0 saturated heterocycles. The van der Waals surface area contributed by atoms with Crippen LogP contribution in [0.3, 0.4) is 0 Å². The molecule has 0 aliphatic rings. The normalized spacial score (nSPS) is 10.2. The van der Waals surface area contributed by atoms with Crippen molar-refractivity contribution in [1.82, 2.24) is 10.2 Å². The summed E-state index contributed by atoms with van der Waals surface area (Å²) in [6, 6.07) is 19.6. The van der Waals surface area contributed by atoms with Gasteiger partial charge in [-0.05, 0) is 17.2 Å². The molecule has 0 unspecified atom stereocenters. The van der Waals surface area contributed by atoms with Gasteiger partial charge in [0.05, 0.1) is 5.56 Å². The van der Waals surface area contributed by atoms with Crippen molar-refractivity contribution in [2.45, 2.75) is 13.2 Å². The molecule has 7 nitrogen and oxygen atoms in total. The van der Waals surface area contributed by atoms with Gasteiger partial charge < -0.3 is 15.2 Å². The monoisotopic (exact) mass is 363 g/mol. The Labute approximate surface area is 155 Å². The highest BCUT2D eigenvalue weighted by atomic mass is 16.5. The lowest BCUT2D eigenvalue weighted by molar-refractivity contribution is 0.0418. The molecular weight excluding hydrogens is 346 g/mol. The minimum atomic E-state index is -0.780. The summed E-state index contributed by atoms with van der Waals surface area (Å²) in [4.78, 5) is 24.8. The van der Waals surface area contributed by atoms with E-state index in [0.29, 0.717) is 0 Å². The number of anilines is 1. The first-order chi connectivity index (χ1) is 13.1. The van der Waals surface area contributed by atoms with Crippen molar-refractivity contribution >= 4 is 17.8 Å². The molecule has 0 bridgehead atoms. The number of aromatic nitrogens is 2. The first-order valence-electron chi connectivity index (χ1n) is 8.19. The Hall–Kier alpha value is -3.74. The van der Waals surface area contributed by atoms with Crippen LogP contribution in [-0.4, -0.2) is 22.1 Å². The van der Waals surface area contributed by atoms with Gasteiger partial charge in [-0.1, -0.05) is 60.7 Å². The molecular formula is C20H17N3O4. The smallest absolute Gasteiger partial charge is 0.360 e. The number of hydrogen-bond acceptors (Lipinski definition) is 7. The predicted octanol–water partition coefficient (Wildman–Crippen LogP) is 2.77. The Morgan fingerprint density at radius 3 is 1.85 bits per heavy atom. The third-order valence-corrected chi connectivity index (χ3v) is 3.65. The molecule has 136 valence electrons. The molecule has 27 heavy (non-hydrogen) atoms. The lowest BCUT2D eigenvalue weighted by Gasteiger charge is -2.09. The highest BCUT2D eigenvalue weighted by molar-refractivity contribution is 6.02. The van der Waals surface area contributed by atoms with E-state index in [0.717, 1.165) is 11.1 Å². The van der Waals surface area contributed by atoms with Gasteiger partial charge in [-0.2, -0.15) is 0 Å². The third kappa shape index (κ3) is 4.88. The van der Waals surface area contributed by atoms with Crippen LogP contribution < -0.4 is 5.73 Å². The summed E-state index contributed by atoms with van der Waals surface area (Å²) in [6.45, 7) is 0.102. The number of nitrogens with two attached hydrogens (primary N) is 1. The first-order valence-corrected chi connectivity index (χ1v) is 8.19. The van der Waals surface area contributed by atoms with Crippen LogP contribution in [0.2, 0.25) is 0 Å². The number of nitrogens with zero attached hydrogens (tertiary/aromatic N) is 2. The second-order valence-electron chi connectivity index (χ2n) is 5.65. The Morgan fingerprint density at radius 1 is 0.778 bits per heavy atom. The molecule has 0 aliphatic heterocycles. The van der Waals surface area contributed by atoms with E-state index in [2.05, 4.69) is 10.2 Å². The van der Waals surface area contributed by atoms with Gasteiger partial charge in [0.25, 0.3) is 0 Å². The van der Waals surface area contributed by atoms with Gasteiger partial charge >= 0.3 is 11.9 Å². The minimum absolute atomic E-state index is 0.00118. The standard InChI is InChI=1S/C20H17N3O4/c21-17-11-16(19(24)26-12-14-7-3-1-4-8-14)18(23-22-17)20(25)27-13-15-9-5-2-6-10-15/h1-11H,12-13H2,(H2,21,22). The van der Waals surface area contributed by atoms with Crippen molar-refractivity contribution in [3.05, 3.63) is 89.1 Å². The number of benzene rings is 2. The van der Waals surface area contributed by atoms with Crippen molar-refractivity contribution in [2.75, 3.05) is 5.73 Å². The van der Waals surface area contributed by atoms with E-state index in [9.17, 15) is 9.59 Å². The maximum Gasteiger partial charge on any atom is 0.360 e. The maximum absolute atomic E-state index is 12.4. The fourth-order valence-corrected chi connectivity index (χ4v) is 2.31. The van der Waals surface area contributed by atoms with E-state index in [1.54, 1.807) is 0 Å². The third-order valence-electron chi connectivity index (χ3n) is 3.65. The molecule has 2 N–H and O–H groups in total. The van der Waals surface area contributed by atoms with E-state index >= 15 is 0 Å². The van der Waals surface area contributed by atoms with E-state index in [1.165, 1.54) is 6.07 Å². The summed E-state index contributed by atoms with van der Waals surface area (Å²) in [6.07, 6.45) is 0. The number of hydrogen-bond donors (Lipinski definition) is 1. The number of ether oxygens (including phenoxy) is 2. The molecule has 0 amide bonds. The summed E-state index contributed by atoms with van der Waals surface area (Å²) in [5.74, 6) is -1.51. The van der Waals surface area contributed by atoms with Crippen molar-refractivity contribution < 1.29 is 19.1 Å². The fraction of sp³-hybridized carbons (Fsp3) is 0.100. The summed E-state index contributed by atoms with van der Waals surface area (Å²) < 4.78 is 10.5. The van der Waals surface area contributed by atoms with Crippen LogP contribution in [0.5, 0.6) is 0 Å². The Bertz CT molecular complexity index is 930. The molecule has 0 radical (unpaired) electrons. The first kappa shape index (κ1) is 18.1. The minimum Gasteiger partial charge on any atom is -0.457 e. The average Bonchev–Trinajstić information content (AvgIpc) is 2.71. The highest BCUT2D eigenvalue weighted by Gasteiger charge is 2.23. The number of carbonyl (C=O) groups is 2. The van der Waals surface area contributed by atoms with Crippen molar-refractivity contribution in [1.29, 1.82) is 0 Å². The van der Waals surface area contributed by atoms with Crippen LogP contribution in [0, 0.1) is 0 Å². The summed E-state index contributed by atoms with van der Waals surface area (Å²) in [7, 11) is 0. The molecule has 0 aliphatic carbocycles. The Kier molecular flexibility index (Phi) is 5.73. The van der Waals surface area contributed by atoms with E-state index in [1.807, 2.05) is 60.7 Å². The number of esters is 2. The van der Waals surface area contributed by atoms with Gasteiger partial charge in [-0.3, -0.25) is 0 Å². The predicted molar refractivity (Wildman–Crippen MR) is 97.6 cm³/mol. The molecule has 3 rings (SSSR count). The van der Waals surface area contributed by atoms with Gasteiger partial charge in [0.2, 0.25) is 0 Å². The fourth-order valence-electron chi connectivity index (χ4n) is 2.31. The lowest BCUT2D eigenvalue weighted by atomic mass is 10.2. The molecule has 0 atom stereocenters.